The minimum absolute atomic E-state index is 0.817. The summed E-state index contributed by atoms with van der Waals surface area (Å²) in [7, 11) is 0. The minimum Gasteiger partial charge on any atom is -0.398 e. The molecule has 0 aliphatic heterocycles. The molecular weight excluding hydrogens is 212 g/mol. The molecule has 5 N–H and O–H groups in total. The van der Waals surface area contributed by atoms with E-state index < -0.39 is 0 Å². The molecule has 92 valence electrons. The lowest BCUT2D eigenvalue weighted by atomic mass is 9.94. The Balaban J connectivity index is 2.72. The van der Waals surface area contributed by atoms with Crippen molar-refractivity contribution in [2.24, 2.45) is 0 Å². The molecule has 0 aliphatic carbocycles. The third-order valence-corrected chi connectivity index (χ3v) is 3.21. The Hall–Kier alpha value is -1.71. The summed E-state index contributed by atoms with van der Waals surface area (Å²) in [5.74, 6) is 0. The van der Waals surface area contributed by atoms with Gasteiger partial charge in [-0.3, -0.25) is 5.10 Å². The molecule has 0 saturated carbocycles. The number of H-pyrrole nitrogens is 1. The van der Waals surface area contributed by atoms with Crippen LogP contribution in [-0.4, -0.2) is 10.2 Å². The van der Waals surface area contributed by atoms with Crippen molar-refractivity contribution >= 4 is 22.3 Å². The molecule has 0 saturated heterocycles. The van der Waals surface area contributed by atoms with Gasteiger partial charge in [-0.05, 0) is 24.0 Å². The van der Waals surface area contributed by atoms with Gasteiger partial charge in [0, 0.05) is 11.1 Å². The maximum atomic E-state index is 6.23. The molecule has 0 radical (unpaired) electrons. The highest BCUT2D eigenvalue weighted by molar-refractivity contribution is 6.00. The first-order valence-corrected chi connectivity index (χ1v) is 6.22. The summed E-state index contributed by atoms with van der Waals surface area (Å²) in [6.07, 6.45) is 5.85. The number of hydrogen-bond acceptors (Lipinski definition) is 3. The fraction of sp³-hybridized carbons (Fsp3) is 0.462. The van der Waals surface area contributed by atoms with E-state index in [2.05, 4.69) is 24.0 Å². The van der Waals surface area contributed by atoms with E-state index in [1.165, 1.54) is 11.1 Å². The quantitative estimate of drug-likeness (QED) is 0.709. The van der Waals surface area contributed by atoms with Gasteiger partial charge in [-0.25, -0.2) is 0 Å². The Morgan fingerprint density at radius 2 is 1.65 bits per heavy atom. The summed E-state index contributed by atoms with van der Waals surface area (Å²) in [6.45, 7) is 4.31. The number of nitrogens with one attached hydrogen (secondary N) is 1. The fourth-order valence-electron chi connectivity index (χ4n) is 2.41. The second-order valence-electron chi connectivity index (χ2n) is 4.44. The first-order valence-electron chi connectivity index (χ1n) is 6.22. The van der Waals surface area contributed by atoms with Crippen LogP contribution in [-0.2, 0) is 12.8 Å². The summed E-state index contributed by atoms with van der Waals surface area (Å²) in [5, 5.41) is 7.93. The van der Waals surface area contributed by atoms with E-state index in [9.17, 15) is 0 Å². The molecule has 1 aromatic carbocycles. The number of rotatable bonds is 4. The second-order valence-corrected chi connectivity index (χ2v) is 4.44. The maximum Gasteiger partial charge on any atom is 0.0903 e. The van der Waals surface area contributed by atoms with E-state index in [0.717, 1.165) is 48.0 Å². The summed E-state index contributed by atoms with van der Waals surface area (Å²) in [5.41, 5.74) is 17.4. The lowest BCUT2D eigenvalue weighted by Crippen LogP contribution is -2.05. The first kappa shape index (κ1) is 11.8. The van der Waals surface area contributed by atoms with Gasteiger partial charge in [-0.15, -0.1) is 0 Å². The zero-order valence-electron chi connectivity index (χ0n) is 10.5. The van der Waals surface area contributed by atoms with Gasteiger partial charge in [0.1, 0.15) is 0 Å². The van der Waals surface area contributed by atoms with Crippen molar-refractivity contribution in [1.82, 2.24) is 10.2 Å². The van der Waals surface area contributed by atoms with Crippen molar-refractivity contribution in [2.75, 3.05) is 11.5 Å². The summed E-state index contributed by atoms with van der Waals surface area (Å²) in [4.78, 5) is 0. The van der Waals surface area contributed by atoms with Crippen molar-refractivity contribution in [3.8, 4) is 0 Å². The van der Waals surface area contributed by atoms with Crippen LogP contribution < -0.4 is 11.5 Å². The van der Waals surface area contributed by atoms with Crippen molar-refractivity contribution in [3.63, 3.8) is 0 Å². The Labute approximate surface area is 101 Å². The predicted molar refractivity (Wildman–Crippen MR) is 72.9 cm³/mol. The monoisotopic (exact) mass is 232 g/mol. The van der Waals surface area contributed by atoms with Crippen molar-refractivity contribution in [2.45, 2.75) is 39.5 Å². The average molecular weight is 232 g/mol. The molecule has 2 rings (SSSR count). The van der Waals surface area contributed by atoms with Gasteiger partial charge >= 0.3 is 0 Å². The lowest BCUT2D eigenvalue weighted by molar-refractivity contribution is 0.867. The highest BCUT2D eigenvalue weighted by atomic mass is 15.1. The number of nitrogen functional groups attached to an aromatic ring is 2. The van der Waals surface area contributed by atoms with Crippen LogP contribution in [0.25, 0.3) is 10.9 Å². The molecule has 0 spiro atoms. The Kier molecular flexibility index (Phi) is 3.22. The summed E-state index contributed by atoms with van der Waals surface area (Å²) in [6, 6.07) is 0. The Bertz CT molecular complexity index is 482. The summed E-state index contributed by atoms with van der Waals surface area (Å²) < 4.78 is 0. The van der Waals surface area contributed by atoms with Gasteiger partial charge in [0.25, 0.3) is 0 Å². The molecule has 4 nitrogen and oxygen atoms in total. The SMILES string of the molecule is CCCc1c(CCC)c(N)c2[nH]ncc2c1N. The van der Waals surface area contributed by atoms with Gasteiger partial charge < -0.3 is 11.5 Å². The molecule has 1 heterocycles. The van der Waals surface area contributed by atoms with Crippen LogP contribution in [0.5, 0.6) is 0 Å². The number of aromatic nitrogens is 2. The molecule has 0 atom stereocenters. The fourth-order valence-corrected chi connectivity index (χ4v) is 2.41. The molecule has 0 unspecified atom stereocenters. The maximum absolute atomic E-state index is 6.23. The van der Waals surface area contributed by atoms with Crippen LogP contribution in [0, 0.1) is 0 Å². The topological polar surface area (TPSA) is 80.7 Å². The van der Waals surface area contributed by atoms with Gasteiger partial charge in [-0.2, -0.15) is 5.10 Å². The molecule has 0 aliphatic rings. The van der Waals surface area contributed by atoms with Gasteiger partial charge in [0.2, 0.25) is 0 Å². The molecule has 0 bridgehead atoms. The Morgan fingerprint density at radius 3 is 2.24 bits per heavy atom. The third-order valence-electron chi connectivity index (χ3n) is 3.21. The standard InChI is InChI=1S/C13H20N4/c1-3-5-8-9(6-4-2)12(15)13-10(11(8)14)7-16-17-13/h7H,3-6,14-15H2,1-2H3,(H,16,17). The zero-order chi connectivity index (χ0) is 12.4. The van der Waals surface area contributed by atoms with Gasteiger partial charge in [-0.1, -0.05) is 26.7 Å². The largest absolute Gasteiger partial charge is 0.398 e. The zero-order valence-corrected chi connectivity index (χ0v) is 10.5. The number of nitrogens with two attached hydrogens (primary N) is 2. The number of anilines is 2. The van der Waals surface area contributed by atoms with E-state index >= 15 is 0 Å². The van der Waals surface area contributed by atoms with E-state index in [1.807, 2.05) is 0 Å². The second kappa shape index (κ2) is 4.65. The van der Waals surface area contributed by atoms with Gasteiger partial charge in [0.05, 0.1) is 17.4 Å². The van der Waals surface area contributed by atoms with Crippen molar-refractivity contribution in [3.05, 3.63) is 17.3 Å². The molecule has 0 fully saturated rings. The highest BCUT2D eigenvalue weighted by Gasteiger charge is 2.16. The summed E-state index contributed by atoms with van der Waals surface area (Å²) >= 11 is 0. The van der Waals surface area contributed by atoms with Crippen LogP contribution in [0.1, 0.15) is 37.8 Å². The van der Waals surface area contributed by atoms with Crippen LogP contribution in [0.4, 0.5) is 11.4 Å². The van der Waals surface area contributed by atoms with Crippen molar-refractivity contribution in [1.29, 1.82) is 0 Å². The van der Waals surface area contributed by atoms with E-state index in [0.29, 0.717) is 0 Å². The first-order chi connectivity index (χ1) is 8.20. The molecule has 1 aromatic heterocycles. The van der Waals surface area contributed by atoms with E-state index in [4.69, 9.17) is 11.5 Å². The van der Waals surface area contributed by atoms with E-state index in [-0.39, 0.29) is 0 Å². The molecular formula is C13H20N4. The average Bonchev–Trinajstić information content (AvgIpc) is 2.80. The van der Waals surface area contributed by atoms with Gasteiger partial charge in [0.15, 0.2) is 0 Å². The number of hydrogen-bond donors (Lipinski definition) is 3. The minimum atomic E-state index is 0.817. The molecule has 4 heteroatoms. The highest BCUT2D eigenvalue weighted by Crippen LogP contribution is 2.34. The number of fused-ring (bicyclic) bond motifs is 1. The lowest BCUT2D eigenvalue weighted by Gasteiger charge is -2.15. The van der Waals surface area contributed by atoms with E-state index in [1.54, 1.807) is 6.20 Å². The molecule has 17 heavy (non-hydrogen) atoms. The van der Waals surface area contributed by atoms with Crippen LogP contribution in [0.2, 0.25) is 0 Å². The van der Waals surface area contributed by atoms with Crippen molar-refractivity contribution < 1.29 is 0 Å². The smallest absolute Gasteiger partial charge is 0.0903 e. The predicted octanol–water partition coefficient (Wildman–Crippen LogP) is 2.63. The third kappa shape index (κ3) is 1.84. The molecule has 0 amide bonds. The molecule has 2 aromatic rings. The number of benzene rings is 1. The normalized spacial score (nSPS) is 11.2. The van der Waals surface area contributed by atoms with Crippen LogP contribution in [0.3, 0.4) is 0 Å². The number of aromatic amines is 1. The number of nitrogens with zero attached hydrogens (tertiary/aromatic N) is 1. The van der Waals surface area contributed by atoms with Crippen LogP contribution in [0.15, 0.2) is 6.20 Å². The Morgan fingerprint density at radius 1 is 1.06 bits per heavy atom. The van der Waals surface area contributed by atoms with Crippen LogP contribution >= 0.6 is 0 Å².